The van der Waals surface area contributed by atoms with Crippen molar-refractivity contribution >= 4 is 5.69 Å². The maximum absolute atomic E-state index is 13.3. The number of pyridine rings is 1. The minimum atomic E-state index is -0.814. The van der Waals surface area contributed by atoms with Crippen LogP contribution >= 0.6 is 0 Å². The van der Waals surface area contributed by atoms with Crippen molar-refractivity contribution in [1.29, 1.82) is 0 Å². The summed E-state index contributed by atoms with van der Waals surface area (Å²) in [5.41, 5.74) is 2.72. The molecule has 23 heavy (non-hydrogen) atoms. The summed E-state index contributed by atoms with van der Waals surface area (Å²) in [5, 5.41) is 3.31. The van der Waals surface area contributed by atoms with E-state index >= 15 is 0 Å². The lowest BCUT2D eigenvalue weighted by Crippen LogP contribution is -2.41. The number of likely N-dealkylation sites (tertiary alicyclic amines) is 1. The maximum Gasteiger partial charge on any atom is 0.160 e. The minimum absolute atomic E-state index is 0.235. The molecule has 1 fully saturated rings. The number of halogens is 2. The number of aromatic nitrogens is 1. The van der Waals surface area contributed by atoms with Crippen LogP contribution in [0.3, 0.4) is 0 Å². The van der Waals surface area contributed by atoms with Gasteiger partial charge in [-0.3, -0.25) is 9.88 Å². The van der Waals surface area contributed by atoms with E-state index in [1.54, 1.807) is 6.07 Å². The highest BCUT2D eigenvalue weighted by Crippen LogP contribution is 2.19. The molecule has 1 aromatic heterocycles. The Morgan fingerprint density at radius 1 is 1.22 bits per heavy atom. The third-order valence-electron chi connectivity index (χ3n) is 4.13. The van der Waals surface area contributed by atoms with Gasteiger partial charge in [0, 0.05) is 36.6 Å². The van der Waals surface area contributed by atoms with Gasteiger partial charge in [0.1, 0.15) is 0 Å². The molecule has 3 rings (SSSR count). The van der Waals surface area contributed by atoms with Gasteiger partial charge in [0.25, 0.3) is 0 Å². The molecule has 3 nitrogen and oxygen atoms in total. The van der Waals surface area contributed by atoms with Gasteiger partial charge in [-0.1, -0.05) is 6.07 Å². The van der Waals surface area contributed by atoms with E-state index in [1.165, 1.54) is 6.07 Å². The molecule has 1 aliphatic rings. The van der Waals surface area contributed by atoms with Crippen LogP contribution in [0.25, 0.3) is 0 Å². The Labute approximate surface area is 135 Å². The standard InChI is InChI=1S/C18H21F2N3/c1-13-4-2-5-15(21-13)11-23-9-3-6-16(12-23)22-14-7-8-17(19)18(20)10-14/h2,4-5,7-8,10,16,22H,3,6,9,11-12H2,1H3. The van der Waals surface area contributed by atoms with Gasteiger partial charge in [0.15, 0.2) is 11.6 Å². The molecule has 2 aromatic rings. The molecular weight excluding hydrogens is 296 g/mol. The Hall–Kier alpha value is -2.01. The fourth-order valence-electron chi connectivity index (χ4n) is 3.06. The first-order chi connectivity index (χ1) is 11.1. The van der Waals surface area contributed by atoms with Gasteiger partial charge in [-0.2, -0.15) is 0 Å². The van der Waals surface area contributed by atoms with Crippen molar-refractivity contribution in [2.75, 3.05) is 18.4 Å². The second-order valence-corrected chi connectivity index (χ2v) is 6.12. The van der Waals surface area contributed by atoms with Crippen LogP contribution in [0.1, 0.15) is 24.2 Å². The third-order valence-corrected chi connectivity index (χ3v) is 4.13. The quantitative estimate of drug-likeness (QED) is 0.931. The van der Waals surface area contributed by atoms with E-state index < -0.39 is 11.6 Å². The number of hydrogen-bond acceptors (Lipinski definition) is 3. The van der Waals surface area contributed by atoms with Crippen molar-refractivity contribution in [3.05, 3.63) is 59.4 Å². The van der Waals surface area contributed by atoms with E-state index in [4.69, 9.17) is 0 Å². The van der Waals surface area contributed by atoms with Gasteiger partial charge in [-0.15, -0.1) is 0 Å². The number of piperidine rings is 1. The number of rotatable bonds is 4. The van der Waals surface area contributed by atoms with Crippen molar-refractivity contribution in [1.82, 2.24) is 9.88 Å². The summed E-state index contributed by atoms with van der Waals surface area (Å²) in [6.07, 6.45) is 2.10. The lowest BCUT2D eigenvalue weighted by atomic mass is 10.0. The highest BCUT2D eigenvalue weighted by atomic mass is 19.2. The first-order valence-corrected chi connectivity index (χ1v) is 7.96. The maximum atomic E-state index is 13.3. The van der Waals surface area contributed by atoms with E-state index in [0.717, 1.165) is 49.9 Å². The molecule has 0 bridgehead atoms. The van der Waals surface area contributed by atoms with Gasteiger partial charge in [0.05, 0.1) is 5.69 Å². The summed E-state index contributed by atoms with van der Waals surface area (Å²) in [4.78, 5) is 6.89. The van der Waals surface area contributed by atoms with Crippen LogP contribution in [-0.4, -0.2) is 29.0 Å². The second-order valence-electron chi connectivity index (χ2n) is 6.12. The van der Waals surface area contributed by atoms with Gasteiger partial charge >= 0.3 is 0 Å². The Morgan fingerprint density at radius 2 is 2.09 bits per heavy atom. The summed E-state index contributed by atoms with van der Waals surface area (Å²) >= 11 is 0. The topological polar surface area (TPSA) is 28.2 Å². The first kappa shape index (κ1) is 15.9. The second kappa shape index (κ2) is 7.04. The fraction of sp³-hybridized carbons (Fsp3) is 0.389. The van der Waals surface area contributed by atoms with E-state index in [-0.39, 0.29) is 6.04 Å². The van der Waals surface area contributed by atoms with Crippen LogP contribution in [-0.2, 0) is 6.54 Å². The molecule has 1 unspecified atom stereocenters. The van der Waals surface area contributed by atoms with Crippen LogP contribution in [0.4, 0.5) is 14.5 Å². The number of nitrogens with zero attached hydrogens (tertiary/aromatic N) is 2. The molecule has 1 saturated heterocycles. The summed E-state index contributed by atoms with van der Waals surface area (Å²) in [7, 11) is 0. The lowest BCUT2D eigenvalue weighted by molar-refractivity contribution is 0.206. The highest BCUT2D eigenvalue weighted by Gasteiger charge is 2.20. The molecular formula is C18H21F2N3. The Bertz CT molecular complexity index is 675. The minimum Gasteiger partial charge on any atom is -0.381 e. The smallest absolute Gasteiger partial charge is 0.160 e. The average Bonchev–Trinajstić information content (AvgIpc) is 2.51. The van der Waals surface area contributed by atoms with Gasteiger partial charge < -0.3 is 5.32 Å². The van der Waals surface area contributed by atoms with Crippen LogP contribution in [0.5, 0.6) is 0 Å². The largest absolute Gasteiger partial charge is 0.381 e. The molecule has 1 atom stereocenters. The highest BCUT2D eigenvalue weighted by molar-refractivity contribution is 5.44. The molecule has 1 aromatic carbocycles. The molecule has 1 N–H and O–H groups in total. The molecule has 0 saturated carbocycles. The van der Waals surface area contributed by atoms with Crippen molar-refractivity contribution in [2.45, 2.75) is 32.4 Å². The van der Waals surface area contributed by atoms with E-state index in [9.17, 15) is 8.78 Å². The predicted octanol–water partition coefficient (Wildman–Crippen LogP) is 3.74. The fourth-order valence-corrected chi connectivity index (χ4v) is 3.06. The average molecular weight is 317 g/mol. The van der Waals surface area contributed by atoms with Crippen molar-refractivity contribution in [2.24, 2.45) is 0 Å². The summed E-state index contributed by atoms with van der Waals surface area (Å²) in [5.74, 6) is -1.63. The zero-order chi connectivity index (χ0) is 16.2. The molecule has 122 valence electrons. The molecule has 0 spiro atoms. The summed E-state index contributed by atoms with van der Waals surface area (Å²) in [6, 6.07) is 10.3. The first-order valence-electron chi connectivity index (χ1n) is 7.96. The van der Waals surface area contributed by atoms with Crippen LogP contribution in [0.2, 0.25) is 0 Å². The van der Waals surface area contributed by atoms with E-state index in [1.807, 2.05) is 25.1 Å². The van der Waals surface area contributed by atoms with Crippen LogP contribution < -0.4 is 5.32 Å². The number of benzene rings is 1. The Balaban J connectivity index is 1.60. The molecule has 1 aliphatic heterocycles. The molecule has 2 heterocycles. The Kier molecular flexibility index (Phi) is 4.86. The SMILES string of the molecule is Cc1cccc(CN2CCCC(Nc3ccc(F)c(F)c3)C2)n1. The van der Waals surface area contributed by atoms with Crippen molar-refractivity contribution in [3.8, 4) is 0 Å². The van der Waals surface area contributed by atoms with Crippen molar-refractivity contribution in [3.63, 3.8) is 0 Å². The number of nitrogens with one attached hydrogen (secondary N) is 1. The normalized spacial score (nSPS) is 18.8. The third kappa shape index (κ3) is 4.26. The van der Waals surface area contributed by atoms with Gasteiger partial charge in [-0.25, -0.2) is 8.78 Å². The number of aryl methyl sites for hydroxylation is 1. The van der Waals surface area contributed by atoms with Gasteiger partial charge in [0.2, 0.25) is 0 Å². The predicted molar refractivity (Wildman–Crippen MR) is 87.3 cm³/mol. The Morgan fingerprint density at radius 3 is 2.87 bits per heavy atom. The molecule has 5 heteroatoms. The number of anilines is 1. The number of hydrogen-bond donors (Lipinski definition) is 1. The monoisotopic (exact) mass is 317 g/mol. The lowest BCUT2D eigenvalue weighted by Gasteiger charge is -2.33. The zero-order valence-corrected chi connectivity index (χ0v) is 13.2. The summed E-state index contributed by atoms with van der Waals surface area (Å²) in [6.45, 7) is 4.71. The molecule has 0 radical (unpaired) electrons. The van der Waals surface area contributed by atoms with Gasteiger partial charge in [-0.05, 0) is 50.6 Å². The molecule has 0 amide bonds. The summed E-state index contributed by atoms with van der Waals surface area (Å²) < 4.78 is 26.3. The van der Waals surface area contributed by atoms with Crippen molar-refractivity contribution < 1.29 is 8.78 Å². The van der Waals surface area contributed by atoms with Crippen LogP contribution in [0, 0.1) is 18.6 Å². The molecule has 0 aliphatic carbocycles. The zero-order valence-electron chi connectivity index (χ0n) is 13.2. The van der Waals surface area contributed by atoms with Crippen LogP contribution in [0.15, 0.2) is 36.4 Å². The van der Waals surface area contributed by atoms with E-state index in [2.05, 4.69) is 15.2 Å². The van der Waals surface area contributed by atoms with E-state index in [0.29, 0.717) is 5.69 Å².